The number of carbonyl (C=O) groups excluding carboxylic acids is 4. The lowest BCUT2D eigenvalue weighted by atomic mass is 10.1. The third kappa shape index (κ3) is 5.44. The van der Waals surface area contributed by atoms with E-state index in [2.05, 4.69) is 5.32 Å². The van der Waals surface area contributed by atoms with E-state index in [4.69, 9.17) is 23.7 Å². The van der Waals surface area contributed by atoms with Crippen molar-refractivity contribution in [1.29, 1.82) is 0 Å². The van der Waals surface area contributed by atoms with Crippen LogP contribution in [0.3, 0.4) is 0 Å². The van der Waals surface area contributed by atoms with Gasteiger partial charge in [0, 0.05) is 0 Å². The molecule has 40 heavy (non-hydrogen) atoms. The molecule has 3 aromatic rings. The molecule has 1 heterocycles. The van der Waals surface area contributed by atoms with Crippen LogP contribution in [0.2, 0.25) is 0 Å². The standard InChI is InChI=1S/C29H26N2O9/c1-16-6-9-19(10-7-16)31-27(33)20(26(32)30-29(31)35)12-17-8-11-21(22(13-17)36-2)40-28(34)18-14-23(37-3)25(39-5)24(15-18)38-4/h6-15H,1-5H3,(H,30,32,35)/b20-12+. The number of imide groups is 2. The topological polar surface area (TPSA) is 130 Å². The molecule has 3 aromatic carbocycles. The Labute approximate surface area is 229 Å². The summed E-state index contributed by atoms with van der Waals surface area (Å²) in [6.45, 7) is 1.87. The SMILES string of the molecule is COc1cc(/C=C2\C(=O)NC(=O)N(c3ccc(C)cc3)C2=O)ccc1OC(=O)c1cc(OC)c(OC)c(OC)c1. The number of hydrogen-bond acceptors (Lipinski definition) is 9. The van der Waals surface area contributed by atoms with Gasteiger partial charge in [0.25, 0.3) is 11.8 Å². The Morgan fingerprint density at radius 3 is 1.98 bits per heavy atom. The zero-order valence-corrected chi connectivity index (χ0v) is 22.4. The molecule has 11 heteroatoms. The van der Waals surface area contributed by atoms with Crippen molar-refractivity contribution in [3.63, 3.8) is 0 Å². The number of urea groups is 1. The number of anilines is 1. The molecule has 0 unspecified atom stereocenters. The Hall–Kier alpha value is -5.32. The lowest BCUT2D eigenvalue weighted by molar-refractivity contribution is -0.122. The average Bonchev–Trinajstić information content (AvgIpc) is 2.95. The highest BCUT2D eigenvalue weighted by Crippen LogP contribution is 2.39. The minimum absolute atomic E-state index is 0.0827. The summed E-state index contributed by atoms with van der Waals surface area (Å²) in [5, 5.41) is 2.18. The second-order valence-electron chi connectivity index (χ2n) is 8.51. The number of rotatable bonds is 8. The monoisotopic (exact) mass is 546 g/mol. The molecule has 4 amide bonds. The molecular formula is C29H26N2O9. The van der Waals surface area contributed by atoms with E-state index in [1.54, 1.807) is 24.3 Å². The van der Waals surface area contributed by atoms with Crippen LogP contribution in [0.1, 0.15) is 21.5 Å². The van der Waals surface area contributed by atoms with E-state index in [9.17, 15) is 19.2 Å². The van der Waals surface area contributed by atoms with E-state index in [0.717, 1.165) is 10.5 Å². The Bertz CT molecular complexity index is 1500. The van der Waals surface area contributed by atoms with Crippen molar-refractivity contribution in [3.8, 4) is 28.7 Å². The fourth-order valence-corrected chi connectivity index (χ4v) is 3.97. The van der Waals surface area contributed by atoms with Crippen molar-refractivity contribution < 1.29 is 42.9 Å². The summed E-state index contributed by atoms with van der Waals surface area (Å²) in [7, 11) is 5.67. The van der Waals surface area contributed by atoms with Gasteiger partial charge in [0.2, 0.25) is 5.75 Å². The molecule has 1 aliphatic heterocycles. The van der Waals surface area contributed by atoms with Crippen molar-refractivity contribution in [1.82, 2.24) is 5.32 Å². The normalized spacial score (nSPS) is 14.1. The third-order valence-corrected chi connectivity index (χ3v) is 6.00. The van der Waals surface area contributed by atoms with Crippen molar-refractivity contribution in [2.24, 2.45) is 0 Å². The highest BCUT2D eigenvalue weighted by atomic mass is 16.6. The Morgan fingerprint density at radius 1 is 0.775 bits per heavy atom. The van der Waals surface area contributed by atoms with Gasteiger partial charge in [0.05, 0.1) is 39.7 Å². The first-order valence-corrected chi connectivity index (χ1v) is 11.9. The minimum Gasteiger partial charge on any atom is -0.493 e. The largest absolute Gasteiger partial charge is 0.493 e. The molecule has 0 radical (unpaired) electrons. The summed E-state index contributed by atoms with van der Waals surface area (Å²) in [4.78, 5) is 52.0. The van der Waals surface area contributed by atoms with E-state index in [1.807, 2.05) is 6.92 Å². The second-order valence-corrected chi connectivity index (χ2v) is 8.51. The maximum atomic E-state index is 13.2. The molecule has 11 nitrogen and oxygen atoms in total. The number of nitrogens with zero attached hydrogens (tertiary/aromatic N) is 1. The predicted molar refractivity (Wildman–Crippen MR) is 144 cm³/mol. The number of nitrogens with one attached hydrogen (secondary N) is 1. The first-order valence-electron chi connectivity index (χ1n) is 11.9. The van der Waals surface area contributed by atoms with Gasteiger partial charge in [0.15, 0.2) is 23.0 Å². The van der Waals surface area contributed by atoms with E-state index < -0.39 is 23.8 Å². The zero-order chi connectivity index (χ0) is 29.0. The summed E-state index contributed by atoms with van der Waals surface area (Å²) in [5.74, 6) is -1.24. The van der Waals surface area contributed by atoms with Crippen LogP contribution in [-0.2, 0) is 9.59 Å². The predicted octanol–water partition coefficient (Wildman–Crippen LogP) is 3.92. The van der Waals surface area contributed by atoms with E-state index in [0.29, 0.717) is 17.0 Å². The summed E-state index contributed by atoms with van der Waals surface area (Å²) < 4.78 is 26.8. The number of methoxy groups -OCH3 is 4. The molecule has 4 rings (SSSR count). The van der Waals surface area contributed by atoms with Gasteiger partial charge in [-0.2, -0.15) is 0 Å². The second kappa shape index (κ2) is 11.6. The number of amides is 4. The number of benzene rings is 3. The van der Waals surface area contributed by atoms with Gasteiger partial charge in [0.1, 0.15) is 5.57 Å². The van der Waals surface area contributed by atoms with E-state index in [-0.39, 0.29) is 34.1 Å². The van der Waals surface area contributed by atoms with Gasteiger partial charge < -0.3 is 23.7 Å². The van der Waals surface area contributed by atoms with Gasteiger partial charge >= 0.3 is 12.0 Å². The Morgan fingerprint density at radius 2 is 1.40 bits per heavy atom. The summed E-state index contributed by atoms with van der Waals surface area (Å²) in [5.41, 5.74) is 1.52. The first-order chi connectivity index (χ1) is 19.2. The summed E-state index contributed by atoms with van der Waals surface area (Å²) in [6, 6.07) is 13.2. The number of barbiturate groups is 1. The van der Waals surface area contributed by atoms with Crippen LogP contribution in [0.4, 0.5) is 10.5 Å². The molecule has 1 saturated heterocycles. The van der Waals surface area contributed by atoms with Crippen molar-refractivity contribution >= 4 is 35.6 Å². The molecule has 0 aromatic heterocycles. The lowest BCUT2D eigenvalue weighted by Crippen LogP contribution is -2.54. The van der Waals surface area contributed by atoms with Crippen LogP contribution in [-0.4, -0.2) is 52.3 Å². The average molecular weight is 547 g/mol. The van der Waals surface area contributed by atoms with Crippen LogP contribution in [0.25, 0.3) is 6.08 Å². The van der Waals surface area contributed by atoms with Gasteiger partial charge in [-0.05, 0) is 55.0 Å². The number of carbonyl (C=O) groups is 4. The minimum atomic E-state index is -0.845. The molecule has 0 atom stereocenters. The molecule has 1 fully saturated rings. The number of ether oxygens (including phenoxy) is 5. The van der Waals surface area contributed by atoms with Crippen LogP contribution in [0.5, 0.6) is 28.7 Å². The molecule has 1 aliphatic rings. The van der Waals surface area contributed by atoms with Gasteiger partial charge in [-0.15, -0.1) is 0 Å². The molecule has 0 bridgehead atoms. The van der Waals surface area contributed by atoms with Gasteiger partial charge in [-0.1, -0.05) is 23.8 Å². The fraction of sp³-hybridized carbons (Fsp3) is 0.172. The van der Waals surface area contributed by atoms with Crippen LogP contribution >= 0.6 is 0 Å². The molecule has 0 spiro atoms. The summed E-state index contributed by atoms with van der Waals surface area (Å²) in [6.07, 6.45) is 1.32. The fourth-order valence-electron chi connectivity index (χ4n) is 3.97. The number of esters is 1. The highest BCUT2D eigenvalue weighted by Gasteiger charge is 2.36. The number of hydrogen-bond donors (Lipinski definition) is 1. The first kappa shape index (κ1) is 27.7. The van der Waals surface area contributed by atoms with E-state index >= 15 is 0 Å². The highest BCUT2D eigenvalue weighted by molar-refractivity contribution is 6.39. The lowest BCUT2D eigenvalue weighted by Gasteiger charge is -2.26. The quantitative estimate of drug-likeness (QED) is 0.193. The Balaban J connectivity index is 1.62. The van der Waals surface area contributed by atoms with Crippen LogP contribution in [0, 0.1) is 6.92 Å². The number of aryl methyl sites for hydroxylation is 1. The Kier molecular flexibility index (Phi) is 8.04. The maximum absolute atomic E-state index is 13.2. The van der Waals surface area contributed by atoms with Crippen molar-refractivity contribution in [2.45, 2.75) is 6.92 Å². The molecule has 206 valence electrons. The molecule has 0 saturated carbocycles. The summed E-state index contributed by atoms with van der Waals surface area (Å²) >= 11 is 0. The smallest absolute Gasteiger partial charge is 0.343 e. The third-order valence-electron chi connectivity index (χ3n) is 6.00. The molecule has 1 N–H and O–H groups in total. The van der Waals surface area contributed by atoms with Crippen molar-refractivity contribution in [3.05, 3.63) is 76.9 Å². The van der Waals surface area contributed by atoms with Crippen molar-refractivity contribution in [2.75, 3.05) is 33.3 Å². The van der Waals surface area contributed by atoms with Crippen LogP contribution < -0.4 is 33.9 Å². The van der Waals surface area contributed by atoms with Gasteiger partial charge in [-0.25, -0.2) is 14.5 Å². The van der Waals surface area contributed by atoms with Gasteiger partial charge in [-0.3, -0.25) is 14.9 Å². The molecular weight excluding hydrogens is 520 g/mol. The van der Waals surface area contributed by atoms with E-state index in [1.165, 1.54) is 64.8 Å². The molecule has 0 aliphatic carbocycles. The van der Waals surface area contributed by atoms with Crippen LogP contribution in [0.15, 0.2) is 60.2 Å². The maximum Gasteiger partial charge on any atom is 0.343 e. The zero-order valence-electron chi connectivity index (χ0n) is 22.4.